The maximum absolute atomic E-state index is 12.4. The van der Waals surface area contributed by atoms with Gasteiger partial charge in [0.05, 0.1) is 12.1 Å². The van der Waals surface area contributed by atoms with Crippen molar-refractivity contribution >= 4 is 23.4 Å². The van der Waals surface area contributed by atoms with Crippen LogP contribution in [-0.4, -0.2) is 71.3 Å². The maximum atomic E-state index is 12.4. The van der Waals surface area contributed by atoms with Gasteiger partial charge in [-0.1, -0.05) is 0 Å². The Kier molecular flexibility index (Phi) is 5.35. The summed E-state index contributed by atoms with van der Waals surface area (Å²) in [6, 6.07) is -0.733. The van der Waals surface area contributed by atoms with Crippen LogP contribution in [0.2, 0.25) is 0 Å². The number of carbonyl (C=O) groups is 3. The topological polar surface area (TPSA) is 112 Å². The molecule has 2 heterocycles. The number of nitrogens with zero attached hydrogens (tertiary/aromatic N) is 3. The zero-order valence-corrected chi connectivity index (χ0v) is 13.8. The van der Waals surface area contributed by atoms with Gasteiger partial charge >= 0.3 is 6.03 Å². The summed E-state index contributed by atoms with van der Waals surface area (Å²) < 4.78 is 5.38. The summed E-state index contributed by atoms with van der Waals surface area (Å²) in [5.74, 6) is -0.932. The average Bonchev–Trinajstić information content (AvgIpc) is 3.08. The molecule has 130 valence electrons. The molecule has 1 unspecified atom stereocenters. The fourth-order valence-corrected chi connectivity index (χ4v) is 2.15. The van der Waals surface area contributed by atoms with Crippen molar-refractivity contribution in [3.63, 3.8) is 0 Å². The molecule has 2 aliphatic rings. The lowest BCUT2D eigenvalue weighted by Crippen LogP contribution is -2.38. The number of likely N-dealkylation sites (N-methyl/N-ethyl adjacent to an activating group) is 1. The van der Waals surface area contributed by atoms with Crippen molar-refractivity contribution in [1.29, 1.82) is 0 Å². The highest BCUT2D eigenvalue weighted by molar-refractivity contribution is 6.55. The van der Waals surface area contributed by atoms with Crippen LogP contribution in [0.1, 0.15) is 13.8 Å². The molecule has 0 aliphatic carbocycles. The molecule has 0 aromatic carbocycles. The Morgan fingerprint density at radius 1 is 1.46 bits per heavy atom. The number of imide groups is 1. The number of Topliss-reactive ketones (excluding diaryl/α,β-unsaturated/α-hetero) is 1. The van der Waals surface area contributed by atoms with Gasteiger partial charge in [-0.05, 0) is 26.0 Å². The third kappa shape index (κ3) is 3.46. The number of carbonyl (C=O) groups excluding carboxylic acids is 3. The molecular weight excluding hydrogens is 316 g/mol. The summed E-state index contributed by atoms with van der Waals surface area (Å²) in [6.07, 6.45) is 1.57. The number of rotatable bonds is 4. The van der Waals surface area contributed by atoms with Crippen LogP contribution in [0.5, 0.6) is 0 Å². The number of allylic oxidation sites excluding steroid dienone is 2. The Balaban J connectivity index is 2.36. The first-order valence-corrected chi connectivity index (χ1v) is 7.56. The van der Waals surface area contributed by atoms with Crippen molar-refractivity contribution in [2.75, 3.05) is 26.7 Å². The molecule has 0 saturated carbocycles. The number of aliphatic hydroxyl groups is 1. The lowest BCUT2D eigenvalue weighted by molar-refractivity contribution is -0.123. The molecule has 2 N–H and O–H groups in total. The number of hydrogen-bond acceptors (Lipinski definition) is 7. The van der Waals surface area contributed by atoms with Gasteiger partial charge in [-0.3, -0.25) is 9.59 Å². The molecule has 24 heavy (non-hydrogen) atoms. The Labute approximate surface area is 139 Å². The van der Waals surface area contributed by atoms with E-state index in [2.05, 4.69) is 10.4 Å². The maximum Gasteiger partial charge on any atom is 0.345 e. The Hall–Kier alpha value is -2.68. The summed E-state index contributed by atoms with van der Waals surface area (Å²) in [6.45, 7) is 4.51. The van der Waals surface area contributed by atoms with E-state index in [0.717, 1.165) is 0 Å². The average molecular weight is 336 g/mol. The second-order valence-electron chi connectivity index (χ2n) is 5.30. The number of ether oxygens (including phenoxy) is 1. The lowest BCUT2D eigenvalue weighted by Gasteiger charge is -2.10. The lowest BCUT2D eigenvalue weighted by atomic mass is 10.0. The first-order chi connectivity index (χ1) is 11.4. The molecule has 0 spiro atoms. The van der Waals surface area contributed by atoms with Gasteiger partial charge in [0.25, 0.3) is 5.91 Å². The smallest absolute Gasteiger partial charge is 0.345 e. The van der Waals surface area contributed by atoms with Crippen LogP contribution in [0.15, 0.2) is 28.7 Å². The zero-order valence-electron chi connectivity index (χ0n) is 13.8. The monoisotopic (exact) mass is 336 g/mol. The van der Waals surface area contributed by atoms with Crippen LogP contribution in [0, 0.1) is 0 Å². The van der Waals surface area contributed by atoms with E-state index in [-0.39, 0.29) is 11.3 Å². The van der Waals surface area contributed by atoms with Crippen molar-refractivity contribution in [2.45, 2.75) is 20.0 Å². The van der Waals surface area contributed by atoms with Gasteiger partial charge in [0.15, 0.2) is 5.88 Å². The molecule has 1 fully saturated rings. The predicted octanol–water partition coefficient (Wildman–Crippen LogP) is -0.406. The van der Waals surface area contributed by atoms with E-state index in [1.807, 2.05) is 11.9 Å². The standard InChI is InChI=1S/C15H20N4O5/c1-4-16-15(23)19-14(22)10(12(17-19)13(21)9(2)20)5-6-11-18(3)7-8-24-11/h5-6,9,20H,4,7-8H2,1-3H3,(H,16,23)/b10-5+,11-6+. The number of nitrogens with one attached hydrogen (secondary N) is 1. The van der Waals surface area contributed by atoms with E-state index < -0.39 is 23.8 Å². The van der Waals surface area contributed by atoms with E-state index in [4.69, 9.17) is 4.74 Å². The Bertz CT molecular complexity index is 650. The van der Waals surface area contributed by atoms with E-state index in [9.17, 15) is 19.5 Å². The number of amides is 3. The number of hydrogen-bond donors (Lipinski definition) is 2. The first-order valence-electron chi connectivity index (χ1n) is 7.56. The molecule has 3 amide bonds. The molecule has 2 rings (SSSR count). The van der Waals surface area contributed by atoms with Crippen LogP contribution in [0.3, 0.4) is 0 Å². The third-order valence-electron chi connectivity index (χ3n) is 3.46. The van der Waals surface area contributed by atoms with Crippen molar-refractivity contribution in [3.05, 3.63) is 23.6 Å². The van der Waals surface area contributed by atoms with Crippen LogP contribution in [-0.2, 0) is 14.3 Å². The Morgan fingerprint density at radius 2 is 2.17 bits per heavy atom. The number of ketones is 1. The minimum atomic E-state index is -1.34. The quantitative estimate of drug-likeness (QED) is 0.675. The molecule has 9 nitrogen and oxygen atoms in total. The first kappa shape index (κ1) is 17.7. The molecule has 0 bridgehead atoms. The van der Waals surface area contributed by atoms with E-state index >= 15 is 0 Å². The van der Waals surface area contributed by atoms with Crippen LogP contribution in [0.4, 0.5) is 4.79 Å². The van der Waals surface area contributed by atoms with Gasteiger partial charge in [0.1, 0.15) is 18.4 Å². The molecular formula is C15H20N4O5. The Morgan fingerprint density at radius 3 is 2.71 bits per heavy atom. The van der Waals surface area contributed by atoms with Gasteiger partial charge in [-0.25, -0.2) is 4.79 Å². The van der Waals surface area contributed by atoms with Gasteiger partial charge in [0.2, 0.25) is 5.78 Å². The van der Waals surface area contributed by atoms with Crippen LogP contribution < -0.4 is 5.32 Å². The number of urea groups is 1. The molecule has 1 atom stereocenters. The van der Waals surface area contributed by atoms with Crippen molar-refractivity contribution in [2.24, 2.45) is 5.10 Å². The van der Waals surface area contributed by atoms with Gasteiger partial charge in [0, 0.05) is 13.6 Å². The van der Waals surface area contributed by atoms with E-state index in [1.54, 1.807) is 6.92 Å². The fraction of sp³-hybridized carbons (Fsp3) is 0.467. The summed E-state index contributed by atoms with van der Waals surface area (Å²) in [4.78, 5) is 38.2. The van der Waals surface area contributed by atoms with E-state index in [1.165, 1.54) is 19.1 Å². The molecule has 0 aromatic heterocycles. The molecule has 0 aromatic rings. The molecule has 0 radical (unpaired) electrons. The highest BCUT2D eigenvalue weighted by Gasteiger charge is 2.38. The fourth-order valence-electron chi connectivity index (χ4n) is 2.15. The molecule has 2 aliphatic heterocycles. The van der Waals surface area contributed by atoms with Gasteiger partial charge < -0.3 is 20.1 Å². The van der Waals surface area contributed by atoms with Crippen LogP contribution >= 0.6 is 0 Å². The number of hydrazone groups is 1. The highest BCUT2D eigenvalue weighted by atomic mass is 16.5. The third-order valence-corrected chi connectivity index (χ3v) is 3.46. The van der Waals surface area contributed by atoms with Gasteiger partial charge in [-0.2, -0.15) is 5.10 Å². The summed E-state index contributed by atoms with van der Waals surface area (Å²) in [5, 5.41) is 16.3. The van der Waals surface area contributed by atoms with Crippen molar-refractivity contribution < 1.29 is 24.2 Å². The summed E-state index contributed by atoms with van der Waals surface area (Å²) >= 11 is 0. The minimum absolute atomic E-state index is 0.0662. The van der Waals surface area contributed by atoms with Crippen molar-refractivity contribution in [3.8, 4) is 0 Å². The van der Waals surface area contributed by atoms with Crippen LogP contribution in [0.25, 0.3) is 0 Å². The normalized spacial score (nSPS) is 22.0. The summed E-state index contributed by atoms with van der Waals surface area (Å²) in [5.41, 5.74) is -0.317. The summed E-state index contributed by atoms with van der Waals surface area (Å²) in [7, 11) is 1.82. The minimum Gasteiger partial charge on any atom is -0.477 e. The predicted molar refractivity (Wildman–Crippen MR) is 84.8 cm³/mol. The highest BCUT2D eigenvalue weighted by Crippen LogP contribution is 2.19. The van der Waals surface area contributed by atoms with Crippen molar-refractivity contribution in [1.82, 2.24) is 15.2 Å². The largest absolute Gasteiger partial charge is 0.477 e. The molecule has 9 heteroatoms. The second kappa shape index (κ2) is 7.26. The number of aliphatic hydroxyl groups excluding tert-OH is 1. The second-order valence-corrected chi connectivity index (χ2v) is 5.30. The molecule has 1 saturated heterocycles. The zero-order chi connectivity index (χ0) is 17.9. The van der Waals surface area contributed by atoms with E-state index in [0.29, 0.717) is 30.6 Å². The SMILES string of the molecule is CCNC(=O)N1N=C(C(=O)C(C)O)/C(=C\C=C2\OCCN2C)C1=O. The van der Waals surface area contributed by atoms with Gasteiger partial charge in [-0.15, -0.1) is 5.01 Å².